The minimum absolute atomic E-state index is 0.0862. The van der Waals surface area contributed by atoms with Gasteiger partial charge in [-0.3, -0.25) is 9.69 Å². The fraction of sp³-hybridized carbons (Fsp3) is 0.568. The predicted molar refractivity (Wildman–Crippen MR) is 195 cm³/mol. The van der Waals surface area contributed by atoms with Gasteiger partial charge >= 0.3 is 11.9 Å². The molecule has 1 unspecified atom stereocenters. The van der Waals surface area contributed by atoms with Crippen LogP contribution in [-0.2, 0) is 30.3 Å². The summed E-state index contributed by atoms with van der Waals surface area (Å²) in [5, 5.41) is 6.67. The van der Waals surface area contributed by atoms with Crippen molar-refractivity contribution in [3.8, 4) is 0 Å². The number of carbonyl (C=O) groups is 3. The molecule has 0 spiro atoms. The summed E-state index contributed by atoms with van der Waals surface area (Å²) in [7, 11) is 2.57. The van der Waals surface area contributed by atoms with E-state index in [4.69, 9.17) is 32.7 Å². The third-order valence-corrected chi connectivity index (χ3v) is 12.2. The normalized spacial score (nSPS) is 21.4. The van der Waals surface area contributed by atoms with Gasteiger partial charge in [-0.2, -0.15) is 0 Å². The van der Waals surface area contributed by atoms with Crippen LogP contribution in [-0.4, -0.2) is 104 Å². The molecule has 1 atom stereocenters. The summed E-state index contributed by atoms with van der Waals surface area (Å²) >= 11 is 15.0. The molecular weight excluding hydrogens is 697 g/mol. The van der Waals surface area contributed by atoms with Crippen molar-refractivity contribution < 1.29 is 23.9 Å². The van der Waals surface area contributed by atoms with Crippen molar-refractivity contribution in [2.75, 3.05) is 66.6 Å². The zero-order valence-corrected chi connectivity index (χ0v) is 31.3. The second-order valence-corrected chi connectivity index (χ2v) is 15.7. The van der Waals surface area contributed by atoms with E-state index in [1.165, 1.54) is 83.7 Å². The molecule has 1 saturated carbocycles. The Hall–Kier alpha value is -2.96. The molecule has 6 rings (SSSR count). The number of halogens is 2. The van der Waals surface area contributed by atoms with Gasteiger partial charge in [0.2, 0.25) is 5.91 Å². The number of rotatable bonds is 12. The van der Waals surface area contributed by atoms with E-state index in [0.29, 0.717) is 48.3 Å². The molecule has 1 aromatic carbocycles. The molecule has 2 saturated heterocycles. The van der Waals surface area contributed by atoms with Crippen molar-refractivity contribution >= 4 is 52.4 Å². The lowest BCUT2D eigenvalue weighted by Crippen LogP contribution is -2.53. The predicted octanol–water partition coefficient (Wildman–Crippen LogP) is 5.81. The summed E-state index contributed by atoms with van der Waals surface area (Å²) in [5.74, 6) is -2.46. The van der Waals surface area contributed by atoms with Crippen molar-refractivity contribution in [2.24, 2.45) is 5.41 Å². The summed E-state index contributed by atoms with van der Waals surface area (Å²) in [4.78, 5) is 52.8. The first kappa shape index (κ1) is 36.8. The van der Waals surface area contributed by atoms with E-state index in [1.54, 1.807) is 24.4 Å². The van der Waals surface area contributed by atoms with Crippen LogP contribution in [0.3, 0.4) is 0 Å². The summed E-state index contributed by atoms with van der Waals surface area (Å²) < 4.78 is 10.6. The van der Waals surface area contributed by atoms with Gasteiger partial charge in [0, 0.05) is 84.3 Å². The van der Waals surface area contributed by atoms with Gasteiger partial charge in [0.1, 0.15) is 0 Å². The Morgan fingerprint density at radius 2 is 1.46 bits per heavy atom. The van der Waals surface area contributed by atoms with Gasteiger partial charge in [0.15, 0.2) is 0 Å². The molecule has 1 aromatic heterocycles. The van der Waals surface area contributed by atoms with Gasteiger partial charge in [0.05, 0.1) is 42.7 Å². The Morgan fingerprint density at radius 1 is 0.860 bits per heavy atom. The first-order valence-corrected chi connectivity index (χ1v) is 19.3. The molecule has 4 heterocycles. The Labute approximate surface area is 308 Å². The molecule has 3 aliphatic heterocycles. The highest BCUT2D eigenvalue weighted by Gasteiger charge is 2.43. The molecular formula is C37H47Cl2N5O5S. The molecule has 13 heteroatoms. The van der Waals surface area contributed by atoms with Crippen molar-refractivity contribution in [1.29, 1.82) is 0 Å². The Morgan fingerprint density at radius 3 is 2.04 bits per heavy atom. The lowest BCUT2D eigenvalue weighted by Gasteiger charge is -2.42. The van der Waals surface area contributed by atoms with Crippen LogP contribution >= 0.6 is 34.5 Å². The summed E-state index contributed by atoms with van der Waals surface area (Å²) in [5.41, 5.74) is 1.90. The molecule has 1 aliphatic carbocycles. The highest BCUT2D eigenvalue weighted by Crippen LogP contribution is 2.46. The van der Waals surface area contributed by atoms with Crippen LogP contribution in [0.1, 0.15) is 67.9 Å². The van der Waals surface area contributed by atoms with Gasteiger partial charge < -0.3 is 24.6 Å². The maximum atomic E-state index is 14.1. The number of dihydropyridines is 1. The average molecular weight is 745 g/mol. The number of allylic oxidation sites excluding steroid dienone is 1. The number of hydrogen-bond acceptors (Lipinski definition) is 10. The zero-order chi connectivity index (χ0) is 35.3. The monoisotopic (exact) mass is 743 g/mol. The molecule has 0 radical (unpaired) electrons. The molecule has 4 aliphatic rings. The molecule has 270 valence electrons. The molecule has 2 aromatic rings. The summed E-state index contributed by atoms with van der Waals surface area (Å²) in [6, 6.07) is 5.02. The van der Waals surface area contributed by atoms with Crippen molar-refractivity contribution in [3.63, 3.8) is 0 Å². The fourth-order valence-electron chi connectivity index (χ4n) is 8.33. The molecule has 10 nitrogen and oxygen atoms in total. The maximum Gasteiger partial charge on any atom is 0.336 e. The van der Waals surface area contributed by atoms with Gasteiger partial charge in [-0.1, -0.05) is 42.1 Å². The number of ether oxygens (including phenoxy) is 2. The number of benzene rings is 1. The van der Waals surface area contributed by atoms with Crippen LogP contribution in [0, 0.1) is 5.41 Å². The Bertz CT molecular complexity index is 1590. The van der Waals surface area contributed by atoms with Gasteiger partial charge in [-0.05, 0) is 62.7 Å². The van der Waals surface area contributed by atoms with Crippen molar-refractivity contribution in [2.45, 2.75) is 63.7 Å². The van der Waals surface area contributed by atoms with Crippen LogP contribution in [0.2, 0.25) is 10.0 Å². The van der Waals surface area contributed by atoms with E-state index < -0.39 is 17.9 Å². The van der Waals surface area contributed by atoms with E-state index in [-0.39, 0.29) is 33.5 Å². The van der Waals surface area contributed by atoms with Crippen LogP contribution < -0.4 is 5.32 Å². The minimum Gasteiger partial charge on any atom is -0.466 e. The standard InChI is InChI=1S/C37H47Cl2N5O5S/c1-48-35(46)32-27(10-11-29-40-14-21-50-29)41-28(33(36(47)49-2)34(32)31-25(38)8-7-9-26(31)39)22-30(45)44-19-17-43(18-20-44)24-37(12-3-4-13-37)23-42-15-5-6-16-42/h7-9,14,21,34,41H,3-6,10-13,15-20,22-24H2,1-2H3. The number of nitrogens with zero attached hydrogens (tertiary/aromatic N) is 4. The first-order chi connectivity index (χ1) is 24.2. The lowest BCUT2D eigenvalue weighted by atomic mass is 9.78. The quantitative estimate of drug-likeness (QED) is 0.270. The van der Waals surface area contributed by atoms with E-state index in [9.17, 15) is 14.4 Å². The van der Waals surface area contributed by atoms with Gasteiger partial charge in [-0.25, -0.2) is 14.6 Å². The highest BCUT2D eigenvalue weighted by atomic mass is 35.5. The van der Waals surface area contributed by atoms with Crippen molar-refractivity contribution in [1.82, 2.24) is 25.0 Å². The van der Waals surface area contributed by atoms with E-state index in [0.717, 1.165) is 24.6 Å². The molecule has 1 amide bonds. The van der Waals surface area contributed by atoms with Gasteiger partial charge in [-0.15, -0.1) is 11.3 Å². The smallest absolute Gasteiger partial charge is 0.336 e. The Balaban J connectivity index is 1.25. The number of nitrogens with one attached hydrogen (secondary N) is 1. The van der Waals surface area contributed by atoms with E-state index in [2.05, 4.69) is 20.1 Å². The number of piperazine rings is 1. The third kappa shape index (κ3) is 8.23. The van der Waals surface area contributed by atoms with Crippen LogP contribution in [0.5, 0.6) is 0 Å². The first-order valence-electron chi connectivity index (χ1n) is 17.7. The van der Waals surface area contributed by atoms with Gasteiger partial charge in [0.25, 0.3) is 0 Å². The molecule has 1 N–H and O–H groups in total. The number of esters is 2. The molecule has 50 heavy (non-hydrogen) atoms. The van der Waals surface area contributed by atoms with Crippen LogP contribution in [0.15, 0.2) is 52.3 Å². The van der Waals surface area contributed by atoms with Crippen LogP contribution in [0.4, 0.5) is 0 Å². The number of methoxy groups -OCH3 is 2. The Kier molecular flexibility index (Phi) is 12.2. The number of amides is 1. The summed E-state index contributed by atoms with van der Waals surface area (Å²) in [6.07, 6.45) is 10.3. The number of aromatic nitrogens is 1. The topological polar surface area (TPSA) is 104 Å². The van der Waals surface area contributed by atoms with E-state index in [1.807, 2.05) is 10.3 Å². The zero-order valence-electron chi connectivity index (χ0n) is 29.0. The number of carbonyl (C=O) groups excluding carboxylic acids is 3. The SMILES string of the molecule is COC(=O)C1=C(CCc2nccs2)NC(CC(=O)N2CCN(CC3(CN4CCCC4)CCCC3)CC2)=C(C(=O)OC)C1c1c(Cl)cccc1Cl. The number of hydrogen-bond donors (Lipinski definition) is 1. The fourth-order valence-corrected chi connectivity index (χ4v) is 9.57. The highest BCUT2D eigenvalue weighted by molar-refractivity contribution is 7.09. The minimum atomic E-state index is -1.03. The summed E-state index contributed by atoms with van der Waals surface area (Å²) in [6.45, 7) is 7.54. The largest absolute Gasteiger partial charge is 0.466 e. The van der Waals surface area contributed by atoms with Crippen molar-refractivity contribution in [3.05, 3.63) is 72.9 Å². The molecule has 0 bridgehead atoms. The second-order valence-electron chi connectivity index (χ2n) is 13.9. The third-order valence-electron chi connectivity index (χ3n) is 10.7. The average Bonchev–Trinajstić information content (AvgIpc) is 3.92. The number of thiazole rings is 1. The van der Waals surface area contributed by atoms with E-state index >= 15 is 0 Å². The number of aryl methyl sites for hydroxylation is 1. The van der Waals surface area contributed by atoms with Crippen LogP contribution in [0.25, 0.3) is 0 Å². The lowest BCUT2D eigenvalue weighted by molar-refractivity contribution is -0.137. The molecule has 3 fully saturated rings. The second kappa shape index (κ2) is 16.6. The number of likely N-dealkylation sites (tertiary alicyclic amines) is 1. The maximum absolute atomic E-state index is 14.1.